The average Bonchev–Trinajstić information content (AvgIpc) is 2.78. The molecule has 0 aliphatic rings. The monoisotopic (exact) mass is 425 g/mol. The Morgan fingerprint density at radius 1 is 0.938 bits per heavy atom. The summed E-state index contributed by atoms with van der Waals surface area (Å²) in [6.07, 6.45) is 0. The highest BCUT2D eigenvalue weighted by Crippen LogP contribution is 2.33. The molecule has 0 saturated heterocycles. The third kappa shape index (κ3) is 4.35. The van der Waals surface area contributed by atoms with Gasteiger partial charge in [0.05, 0.1) is 23.4 Å². The van der Waals surface area contributed by atoms with Crippen molar-refractivity contribution in [3.05, 3.63) is 94.5 Å². The highest BCUT2D eigenvalue weighted by atomic mass is 16.5. The van der Waals surface area contributed by atoms with Crippen LogP contribution >= 0.6 is 0 Å². The van der Waals surface area contributed by atoms with Crippen LogP contribution in [-0.2, 0) is 11.3 Å². The van der Waals surface area contributed by atoms with E-state index in [0.29, 0.717) is 18.8 Å². The van der Waals surface area contributed by atoms with E-state index in [1.165, 1.54) is 0 Å². The summed E-state index contributed by atoms with van der Waals surface area (Å²) in [5, 5.41) is 0.838. The lowest BCUT2D eigenvalue weighted by Gasteiger charge is -2.16. The van der Waals surface area contributed by atoms with E-state index in [0.717, 1.165) is 50.2 Å². The van der Waals surface area contributed by atoms with E-state index in [9.17, 15) is 4.79 Å². The summed E-state index contributed by atoms with van der Waals surface area (Å²) in [4.78, 5) is 17.9. The first-order valence-electron chi connectivity index (χ1n) is 10.8. The Balaban J connectivity index is 1.73. The van der Waals surface area contributed by atoms with Crippen molar-refractivity contribution in [2.75, 3.05) is 6.61 Å². The van der Waals surface area contributed by atoms with E-state index in [2.05, 4.69) is 6.07 Å². The molecule has 0 unspecified atom stereocenters. The lowest BCUT2D eigenvalue weighted by molar-refractivity contribution is 0.0528. The molecule has 0 N–H and O–H groups in total. The van der Waals surface area contributed by atoms with Crippen LogP contribution in [-0.4, -0.2) is 17.6 Å². The number of esters is 1. The van der Waals surface area contributed by atoms with Crippen molar-refractivity contribution in [3.8, 4) is 17.0 Å². The standard InChI is InChI=1S/C28H27NO3/c1-5-31-28(30)25-20(4)27(29-26-19(3)15-18(2)16-24(25)26)22-11-13-23(14-12-22)32-17-21-9-7-6-8-10-21/h6-16H,5,17H2,1-4H3. The Morgan fingerprint density at radius 3 is 2.34 bits per heavy atom. The number of carbonyl (C=O) groups excluding carboxylic acids is 1. The molecule has 0 saturated carbocycles. The van der Waals surface area contributed by atoms with Crippen LogP contribution in [0, 0.1) is 20.8 Å². The molecule has 162 valence electrons. The number of pyridine rings is 1. The van der Waals surface area contributed by atoms with Gasteiger partial charge in [0.25, 0.3) is 0 Å². The molecule has 32 heavy (non-hydrogen) atoms. The third-order valence-electron chi connectivity index (χ3n) is 5.52. The summed E-state index contributed by atoms with van der Waals surface area (Å²) in [6, 6.07) is 22.0. The summed E-state index contributed by atoms with van der Waals surface area (Å²) in [5.41, 5.74) is 7.19. The van der Waals surface area contributed by atoms with Gasteiger partial charge in [-0.15, -0.1) is 0 Å². The smallest absolute Gasteiger partial charge is 0.339 e. The molecule has 4 heteroatoms. The topological polar surface area (TPSA) is 48.4 Å². The summed E-state index contributed by atoms with van der Waals surface area (Å²) < 4.78 is 11.3. The van der Waals surface area contributed by atoms with E-state index in [4.69, 9.17) is 14.5 Å². The second-order valence-electron chi connectivity index (χ2n) is 7.96. The van der Waals surface area contributed by atoms with Gasteiger partial charge in [0.15, 0.2) is 0 Å². The van der Waals surface area contributed by atoms with Gasteiger partial charge in [-0.05, 0) is 74.7 Å². The minimum atomic E-state index is -0.313. The summed E-state index contributed by atoms with van der Waals surface area (Å²) >= 11 is 0. The molecular weight excluding hydrogens is 398 g/mol. The van der Waals surface area contributed by atoms with Crippen molar-refractivity contribution in [2.45, 2.75) is 34.3 Å². The Morgan fingerprint density at radius 2 is 1.66 bits per heavy atom. The predicted octanol–water partition coefficient (Wildman–Crippen LogP) is 6.58. The van der Waals surface area contributed by atoms with Crippen molar-refractivity contribution < 1.29 is 14.3 Å². The molecule has 1 aromatic heterocycles. The minimum Gasteiger partial charge on any atom is -0.489 e. The first kappa shape index (κ1) is 21.6. The highest BCUT2D eigenvalue weighted by Gasteiger charge is 2.21. The maximum absolute atomic E-state index is 12.9. The SMILES string of the molecule is CCOC(=O)c1c(C)c(-c2ccc(OCc3ccccc3)cc2)nc2c(C)cc(C)cc12. The average molecular weight is 426 g/mol. The van der Waals surface area contributed by atoms with Crippen LogP contribution in [0.15, 0.2) is 66.7 Å². The Kier molecular flexibility index (Phi) is 6.22. The molecular formula is C28H27NO3. The number of hydrogen-bond acceptors (Lipinski definition) is 4. The second kappa shape index (κ2) is 9.23. The molecule has 0 fully saturated rings. The molecule has 0 radical (unpaired) electrons. The summed E-state index contributed by atoms with van der Waals surface area (Å²) in [7, 11) is 0. The number of benzene rings is 3. The Hall–Kier alpha value is -3.66. The van der Waals surface area contributed by atoms with Crippen molar-refractivity contribution >= 4 is 16.9 Å². The first-order valence-corrected chi connectivity index (χ1v) is 10.8. The van der Waals surface area contributed by atoms with Gasteiger partial charge in [-0.25, -0.2) is 9.78 Å². The van der Waals surface area contributed by atoms with Crippen LogP contribution in [0.5, 0.6) is 5.75 Å². The van der Waals surface area contributed by atoms with Gasteiger partial charge in [-0.2, -0.15) is 0 Å². The molecule has 0 spiro atoms. The zero-order valence-corrected chi connectivity index (χ0v) is 18.9. The number of ether oxygens (including phenoxy) is 2. The molecule has 1 heterocycles. The van der Waals surface area contributed by atoms with Gasteiger partial charge in [-0.1, -0.05) is 42.0 Å². The van der Waals surface area contributed by atoms with Crippen LogP contribution in [0.1, 0.15) is 39.5 Å². The quantitative estimate of drug-likeness (QED) is 0.327. The Labute approximate surface area is 188 Å². The largest absolute Gasteiger partial charge is 0.489 e. The fourth-order valence-corrected chi connectivity index (χ4v) is 4.01. The van der Waals surface area contributed by atoms with Gasteiger partial charge in [0, 0.05) is 10.9 Å². The van der Waals surface area contributed by atoms with Crippen molar-refractivity contribution in [3.63, 3.8) is 0 Å². The maximum atomic E-state index is 12.9. The number of hydrogen-bond donors (Lipinski definition) is 0. The molecule has 3 aromatic carbocycles. The van der Waals surface area contributed by atoms with Crippen molar-refractivity contribution in [1.29, 1.82) is 0 Å². The minimum absolute atomic E-state index is 0.313. The van der Waals surface area contributed by atoms with Crippen LogP contribution in [0.4, 0.5) is 0 Å². The van der Waals surface area contributed by atoms with Gasteiger partial charge in [0.2, 0.25) is 0 Å². The number of aryl methyl sites for hydroxylation is 2. The fourth-order valence-electron chi connectivity index (χ4n) is 4.01. The number of nitrogens with zero attached hydrogens (tertiary/aromatic N) is 1. The number of aromatic nitrogens is 1. The Bertz CT molecular complexity index is 1260. The molecule has 0 bridgehead atoms. The van der Waals surface area contributed by atoms with Gasteiger partial charge < -0.3 is 9.47 Å². The maximum Gasteiger partial charge on any atom is 0.339 e. The van der Waals surface area contributed by atoms with Crippen LogP contribution in [0.25, 0.3) is 22.2 Å². The van der Waals surface area contributed by atoms with E-state index in [1.807, 2.05) is 88.4 Å². The molecule has 0 aliphatic heterocycles. The molecule has 4 rings (SSSR count). The van der Waals surface area contributed by atoms with Gasteiger partial charge >= 0.3 is 5.97 Å². The van der Waals surface area contributed by atoms with Crippen LogP contribution < -0.4 is 4.74 Å². The third-order valence-corrected chi connectivity index (χ3v) is 5.52. The second-order valence-corrected chi connectivity index (χ2v) is 7.96. The van der Waals surface area contributed by atoms with Crippen LogP contribution in [0.2, 0.25) is 0 Å². The zero-order chi connectivity index (χ0) is 22.7. The van der Waals surface area contributed by atoms with Gasteiger partial charge in [-0.3, -0.25) is 0 Å². The zero-order valence-electron chi connectivity index (χ0n) is 18.9. The van der Waals surface area contributed by atoms with Crippen molar-refractivity contribution in [1.82, 2.24) is 4.98 Å². The fraction of sp³-hybridized carbons (Fsp3) is 0.214. The first-order chi connectivity index (χ1) is 15.5. The van der Waals surface area contributed by atoms with E-state index >= 15 is 0 Å². The predicted molar refractivity (Wildman–Crippen MR) is 128 cm³/mol. The van der Waals surface area contributed by atoms with Crippen LogP contribution in [0.3, 0.4) is 0 Å². The lowest BCUT2D eigenvalue weighted by Crippen LogP contribution is -2.10. The van der Waals surface area contributed by atoms with Gasteiger partial charge in [0.1, 0.15) is 12.4 Å². The number of fused-ring (bicyclic) bond motifs is 1. The van der Waals surface area contributed by atoms with E-state index in [-0.39, 0.29) is 5.97 Å². The van der Waals surface area contributed by atoms with E-state index < -0.39 is 0 Å². The summed E-state index contributed by atoms with van der Waals surface area (Å²) in [6.45, 7) is 8.65. The van der Waals surface area contributed by atoms with E-state index in [1.54, 1.807) is 0 Å². The molecule has 0 atom stereocenters. The molecule has 0 amide bonds. The lowest BCUT2D eigenvalue weighted by atomic mass is 9.95. The summed E-state index contributed by atoms with van der Waals surface area (Å²) in [5.74, 6) is 0.472. The molecule has 0 aliphatic carbocycles. The molecule has 4 aromatic rings. The number of rotatable bonds is 6. The van der Waals surface area contributed by atoms with Crippen molar-refractivity contribution in [2.24, 2.45) is 0 Å². The highest BCUT2D eigenvalue weighted by molar-refractivity contribution is 6.07. The normalized spacial score (nSPS) is 10.9. The number of carbonyl (C=O) groups is 1. The molecule has 4 nitrogen and oxygen atoms in total.